The number of nitrogens with one attached hydrogen (secondary N) is 1. The Kier molecular flexibility index (Phi) is 4.63. The number of nitrogens with zero attached hydrogens (tertiary/aromatic N) is 3. The molecule has 1 amide bonds. The summed E-state index contributed by atoms with van der Waals surface area (Å²) in [5.41, 5.74) is 3.81. The smallest absolute Gasteiger partial charge is 0.253 e. The third kappa shape index (κ3) is 3.50. The minimum Gasteiger partial charge on any atom is -0.497 e. The monoisotopic (exact) mass is 376 g/mol. The highest BCUT2D eigenvalue weighted by molar-refractivity contribution is 5.94. The van der Waals surface area contributed by atoms with E-state index in [2.05, 4.69) is 29.2 Å². The highest BCUT2D eigenvalue weighted by atomic mass is 16.5. The Morgan fingerprint density at radius 2 is 2.00 bits per heavy atom. The molecule has 1 aromatic carbocycles. The third-order valence-electron chi connectivity index (χ3n) is 5.23. The van der Waals surface area contributed by atoms with Crippen molar-refractivity contribution in [3.63, 3.8) is 0 Å². The van der Waals surface area contributed by atoms with Crippen LogP contribution in [0.4, 0.5) is 0 Å². The van der Waals surface area contributed by atoms with Crippen molar-refractivity contribution in [3.8, 4) is 11.4 Å². The molecule has 2 aromatic heterocycles. The summed E-state index contributed by atoms with van der Waals surface area (Å²) < 4.78 is 7.22. The molecule has 1 N–H and O–H groups in total. The van der Waals surface area contributed by atoms with E-state index in [0.29, 0.717) is 5.56 Å². The van der Waals surface area contributed by atoms with E-state index in [9.17, 15) is 4.79 Å². The molecule has 0 radical (unpaired) electrons. The fraction of sp³-hybridized carbons (Fsp3) is 0.318. The van der Waals surface area contributed by atoms with Crippen LogP contribution in [0.25, 0.3) is 5.69 Å². The van der Waals surface area contributed by atoms with Crippen LogP contribution in [0, 0.1) is 5.41 Å². The maximum absolute atomic E-state index is 12.7. The summed E-state index contributed by atoms with van der Waals surface area (Å²) >= 11 is 0. The zero-order chi connectivity index (χ0) is 19.7. The van der Waals surface area contributed by atoms with Gasteiger partial charge in [-0.25, -0.2) is 4.68 Å². The lowest BCUT2D eigenvalue weighted by atomic mass is 9.74. The van der Waals surface area contributed by atoms with Gasteiger partial charge in [-0.15, -0.1) is 0 Å². The summed E-state index contributed by atoms with van der Waals surface area (Å²) in [6.45, 7) is 4.45. The predicted octanol–water partition coefficient (Wildman–Crippen LogP) is 3.72. The molecule has 0 aliphatic heterocycles. The first-order valence-electron chi connectivity index (χ1n) is 9.39. The number of fused-ring (bicyclic) bond motifs is 1. The molecule has 144 valence electrons. The van der Waals surface area contributed by atoms with E-state index in [1.165, 1.54) is 0 Å². The number of hydrogen-bond donors (Lipinski definition) is 1. The molecule has 0 bridgehead atoms. The number of pyridine rings is 1. The summed E-state index contributed by atoms with van der Waals surface area (Å²) in [4.78, 5) is 16.7. The Bertz CT molecular complexity index is 978. The second-order valence-electron chi connectivity index (χ2n) is 7.97. The zero-order valence-electron chi connectivity index (χ0n) is 16.3. The summed E-state index contributed by atoms with van der Waals surface area (Å²) in [5.74, 6) is 0.700. The Balaban J connectivity index is 1.67. The number of carbonyl (C=O) groups excluding carboxylic acids is 1. The maximum Gasteiger partial charge on any atom is 0.253 e. The molecule has 0 fully saturated rings. The van der Waals surface area contributed by atoms with Gasteiger partial charge in [0.15, 0.2) is 0 Å². The van der Waals surface area contributed by atoms with E-state index in [-0.39, 0.29) is 17.4 Å². The lowest BCUT2D eigenvalue weighted by molar-refractivity contribution is 0.0919. The highest BCUT2D eigenvalue weighted by Crippen LogP contribution is 2.41. The average Bonchev–Trinajstić information content (AvgIpc) is 3.11. The van der Waals surface area contributed by atoms with Gasteiger partial charge in [-0.2, -0.15) is 5.10 Å². The van der Waals surface area contributed by atoms with Crippen molar-refractivity contribution in [2.24, 2.45) is 5.41 Å². The molecule has 0 saturated carbocycles. The number of benzene rings is 1. The molecule has 1 atom stereocenters. The van der Waals surface area contributed by atoms with E-state index in [1.807, 2.05) is 35.1 Å². The van der Waals surface area contributed by atoms with Crippen molar-refractivity contribution < 1.29 is 9.53 Å². The van der Waals surface area contributed by atoms with Gasteiger partial charge < -0.3 is 10.1 Å². The molecule has 0 saturated heterocycles. The number of ether oxygens (including phenoxy) is 1. The number of methoxy groups -OCH3 is 1. The second kappa shape index (κ2) is 7.11. The van der Waals surface area contributed by atoms with Gasteiger partial charge in [0.1, 0.15) is 5.75 Å². The predicted molar refractivity (Wildman–Crippen MR) is 107 cm³/mol. The van der Waals surface area contributed by atoms with E-state index < -0.39 is 0 Å². The zero-order valence-corrected chi connectivity index (χ0v) is 16.3. The molecule has 6 heteroatoms. The van der Waals surface area contributed by atoms with Crippen LogP contribution in [-0.4, -0.2) is 27.8 Å². The molecular weight excluding hydrogens is 352 g/mol. The minimum absolute atomic E-state index is 0.0458. The second-order valence-corrected chi connectivity index (χ2v) is 7.97. The fourth-order valence-electron chi connectivity index (χ4n) is 3.86. The van der Waals surface area contributed by atoms with Crippen molar-refractivity contribution >= 4 is 5.91 Å². The van der Waals surface area contributed by atoms with E-state index in [4.69, 9.17) is 4.74 Å². The van der Waals surface area contributed by atoms with Gasteiger partial charge in [0.05, 0.1) is 36.3 Å². The lowest BCUT2D eigenvalue weighted by Gasteiger charge is -2.36. The van der Waals surface area contributed by atoms with Crippen LogP contribution < -0.4 is 10.1 Å². The van der Waals surface area contributed by atoms with Crippen molar-refractivity contribution in [2.75, 3.05) is 7.11 Å². The van der Waals surface area contributed by atoms with Crippen LogP contribution in [0.15, 0.2) is 55.0 Å². The van der Waals surface area contributed by atoms with Gasteiger partial charge in [-0.05, 0) is 54.7 Å². The molecule has 6 nitrogen and oxygen atoms in total. The van der Waals surface area contributed by atoms with Crippen LogP contribution in [0.1, 0.15) is 47.9 Å². The van der Waals surface area contributed by atoms with Gasteiger partial charge >= 0.3 is 0 Å². The Morgan fingerprint density at radius 3 is 2.68 bits per heavy atom. The van der Waals surface area contributed by atoms with Gasteiger partial charge in [-0.3, -0.25) is 9.78 Å². The number of carbonyl (C=O) groups is 1. The molecule has 4 rings (SSSR count). The summed E-state index contributed by atoms with van der Waals surface area (Å²) in [6, 6.07) is 11.3. The minimum atomic E-state index is -0.112. The largest absolute Gasteiger partial charge is 0.497 e. The summed E-state index contributed by atoms with van der Waals surface area (Å²) in [6.07, 6.45) is 6.89. The fourth-order valence-corrected chi connectivity index (χ4v) is 3.86. The van der Waals surface area contributed by atoms with Gasteiger partial charge in [-0.1, -0.05) is 13.8 Å². The average molecular weight is 376 g/mol. The first-order valence-corrected chi connectivity index (χ1v) is 9.39. The van der Waals surface area contributed by atoms with Gasteiger partial charge in [0, 0.05) is 18.0 Å². The molecule has 1 aliphatic rings. The van der Waals surface area contributed by atoms with E-state index in [1.54, 1.807) is 31.6 Å². The van der Waals surface area contributed by atoms with Crippen molar-refractivity contribution in [1.82, 2.24) is 20.1 Å². The van der Waals surface area contributed by atoms with Crippen molar-refractivity contribution in [2.45, 2.75) is 32.7 Å². The molecule has 3 aromatic rings. The van der Waals surface area contributed by atoms with Crippen LogP contribution in [0.5, 0.6) is 5.75 Å². The standard InChI is InChI=1S/C22H24N4O2/c1-22(2)11-19(25-21(27)15-5-4-10-23-13-15)18-14-24-26(20(18)12-22)16-6-8-17(28-3)9-7-16/h4-10,13-14,19H,11-12H2,1-3H3,(H,25,27)/t19-/m0/s1. The lowest BCUT2D eigenvalue weighted by Crippen LogP contribution is -2.36. The molecule has 0 spiro atoms. The molecule has 0 unspecified atom stereocenters. The highest BCUT2D eigenvalue weighted by Gasteiger charge is 2.36. The Morgan fingerprint density at radius 1 is 1.21 bits per heavy atom. The third-order valence-corrected chi connectivity index (χ3v) is 5.23. The van der Waals surface area contributed by atoms with Crippen LogP contribution in [-0.2, 0) is 6.42 Å². The molecule has 2 heterocycles. The van der Waals surface area contributed by atoms with E-state index >= 15 is 0 Å². The van der Waals surface area contributed by atoms with Gasteiger partial charge in [0.25, 0.3) is 5.91 Å². The Labute approximate surface area is 164 Å². The number of rotatable bonds is 4. The van der Waals surface area contributed by atoms with Crippen molar-refractivity contribution in [1.29, 1.82) is 0 Å². The first-order chi connectivity index (χ1) is 13.5. The van der Waals surface area contributed by atoms with Crippen LogP contribution >= 0.6 is 0 Å². The normalized spacial score (nSPS) is 17.6. The maximum atomic E-state index is 12.7. The number of amides is 1. The molecule has 28 heavy (non-hydrogen) atoms. The quantitative estimate of drug-likeness (QED) is 0.753. The first kappa shape index (κ1) is 18.2. The molecular formula is C22H24N4O2. The van der Waals surface area contributed by atoms with Crippen LogP contribution in [0.2, 0.25) is 0 Å². The number of aromatic nitrogens is 3. The van der Waals surface area contributed by atoms with E-state index in [0.717, 1.165) is 35.5 Å². The number of hydrogen-bond acceptors (Lipinski definition) is 4. The topological polar surface area (TPSA) is 69.0 Å². The Hall–Kier alpha value is -3.15. The SMILES string of the molecule is COc1ccc(-n2ncc3c2CC(C)(C)C[C@@H]3NC(=O)c2cccnc2)cc1. The van der Waals surface area contributed by atoms with Crippen molar-refractivity contribution in [3.05, 3.63) is 71.8 Å². The molecule has 1 aliphatic carbocycles. The summed E-state index contributed by atoms with van der Waals surface area (Å²) in [5, 5.41) is 7.81. The summed E-state index contributed by atoms with van der Waals surface area (Å²) in [7, 11) is 1.66. The van der Waals surface area contributed by atoms with Gasteiger partial charge in [0.2, 0.25) is 0 Å². The van der Waals surface area contributed by atoms with Crippen LogP contribution in [0.3, 0.4) is 0 Å².